The summed E-state index contributed by atoms with van der Waals surface area (Å²) in [6, 6.07) is -0.584. The third kappa shape index (κ3) is 8.83. The van der Waals surface area contributed by atoms with E-state index in [1.54, 1.807) is 0 Å². The molecule has 2 aromatic carbocycles. The first kappa shape index (κ1) is 37.8. The van der Waals surface area contributed by atoms with Crippen LogP contribution >= 0.6 is 0 Å². The van der Waals surface area contributed by atoms with Crippen LogP contribution in [0.4, 0.5) is 40.8 Å². The summed E-state index contributed by atoms with van der Waals surface area (Å²) in [7, 11) is 3.04. The van der Waals surface area contributed by atoms with Crippen LogP contribution in [0.2, 0.25) is 0 Å². The van der Waals surface area contributed by atoms with Gasteiger partial charge in [0.15, 0.2) is 6.29 Å². The number of fused-ring (bicyclic) bond motifs is 1. The quantitative estimate of drug-likeness (QED) is 0.102. The Morgan fingerprint density at radius 1 is 1.08 bits per heavy atom. The molecule has 16 heteroatoms. The number of amides is 1. The summed E-state index contributed by atoms with van der Waals surface area (Å²) in [5.74, 6) is -6.35. The molecule has 0 bridgehead atoms. The van der Waals surface area contributed by atoms with E-state index in [2.05, 4.69) is 0 Å². The minimum absolute atomic E-state index is 0.0468. The Bertz CT molecular complexity index is 1590. The Labute approximate surface area is 270 Å². The van der Waals surface area contributed by atoms with Gasteiger partial charge in [0.05, 0.1) is 12.2 Å². The standard InChI is InChI=1S/C32H33F8N3O5/c1-5-26(32(38,39)40)41-18-13-23(33)27(24(34)14-18)29(45)42-25(30(46)47)12-17-8-9-20(28-19(17)7-6-10-48-28)21(15-44)22(31(35,36)37)11-16(2)43(3)4/h8-9,11,13-15,25-26,41H,5-7,10,12H2,1-4H3,(H,42,45)(H,46,47)/b16-11-,22-21-/t25-,26+/m0/s1. The molecule has 0 radical (unpaired) electrons. The van der Waals surface area contributed by atoms with Gasteiger partial charge in [-0.05, 0) is 55.5 Å². The molecule has 262 valence electrons. The third-order valence-corrected chi connectivity index (χ3v) is 7.68. The maximum atomic E-state index is 14.8. The summed E-state index contributed by atoms with van der Waals surface area (Å²) < 4.78 is 117. The molecule has 0 fully saturated rings. The normalized spacial score (nSPS) is 15.4. The van der Waals surface area contributed by atoms with Crippen LogP contribution in [0.3, 0.4) is 0 Å². The molecule has 2 atom stereocenters. The number of carboxylic acid groups (broad SMARTS) is 1. The first-order chi connectivity index (χ1) is 22.3. The molecule has 3 rings (SSSR count). The number of benzene rings is 2. The number of hydrogen-bond donors (Lipinski definition) is 3. The summed E-state index contributed by atoms with van der Waals surface area (Å²) in [5, 5.41) is 13.8. The number of ether oxygens (including phenoxy) is 1. The van der Waals surface area contributed by atoms with Crippen molar-refractivity contribution in [1.82, 2.24) is 10.2 Å². The topological polar surface area (TPSA) is 108 Å². The van der Waals surface area contributed by atoms with Crippen molar-refractivity contribution < 1.29 is 59.4 Å². The van der Waals surface area contributed by atoms with Crippen molar-refractivity contribution in [3.05, 3.63) is 75.5 Å². The van der Waals surface area contributed by atoms with E-state index in [0.717, 1.165) is 12.1 Å². The predicted molar refractivity (Wildman–Crippen MR) is 159 cm³/mol. The van der Waals surface area contributed by atoms with Gasteiger partial charge >= 0.3 is 18.3 Å². The molecule has 0 saturated heterocycles. The van der Waals surface area contributed by atoms with Crippen molar-refractivity contribution in [3.63, 3.8) is 0 Å². The fourth-order valence-corrected chi connectivity index (χ4v) is 5.00. The molecule has 1 aliphatic rings. The molecule has 1 heterocycles. The summed E-state index contributed by atoms with van der Waals surface area (Å²) in [4.78, 5) is 38.6. The zero-order valence-electron chi connectivity index (χ0n) is 26.2. The highest BCUT2D eigenvalue weighted by Gasteiger charge is 2.39. The van der Waals surface area contributed by atoms with E-state index >= 15 is 0 Å². The smallest absolute Gasteiger partial charge is 0.417 e. The van der Waals surface area contributed by atoms with Gasteiger partial charge in [-0.25, -0.2) is 13.6 Å². The predicted octanol–water partition coefficient (Wildman–Crippen LogP) is 6.45. The fraction of sp³-hybridized carbons (Fsp3) is 0.406. The number of halogens is 8. The number of carbonyl (C=O) groups is 3. The number of alkyl halides is 6. The van der Waals surface area contributed by atoms with Crippen molar-refractivity contribution in [2.24, 2.45) is 0 Å². The molecule has 1 amide bonds. The van der Waals surface area contributed by atoms with E-state index in [0.29, 0.717) is 18.6 Å². The van der Waals surface area contributed by atoms with Crippen molar-refractivity contribution in [2.45, 2.75) is 64.0 Å². The molecule has 0 spiro atoms. The van der Waals surface area contributed by atoms with Crippen LogP contribution in [0, 0.1) is 11.6 Å². The molecule has 0 aliphatic carbocycles. The number of aliphatic carboxylic acids is 1. The molecule has 0 aromatic heterocycles. The maximum absolute atomic E-state index is 14.8. The SMILES string of the molecule is CC[C@@H](Nc1cc(F)c(C(=O)N[C@@H](Cc2ccc(/C(C=O)=C(/C=C(/C)N(C)C)C(F)(F)F)c3c2CCCO3)C(=O)O)c(F)c1)C(F)(F)F. The van der Waals surface area contributed by atoms with Gasteiger partial charge in [0.2, 0.25) is 0 Å². The van der Waals surface area contributed by atoms with Gasteiger partial charge in [0.25, 0.3) is 5.91 Å². The second-order valence-electron chi connectivity index (χ2n) is 11.2. The number of carbonyl (C=O) groups excluding carboxylic acids is 2. The van der Waals surface area contributed by atoms with Crippen LogP contribution in [-0.2, 0) is 22.4 Å². The van der Waals surface area contributed by atoms with Gasteiger partial charge in [-0.15, -0.1) is 0 Å². The number of nitrogens with zero attached hydrogens (tertiary/aromatic N) is 1. The van der Waals surface area contributed by atoms with E-state index in [1.165, 1.54) is 38.9 Å². The van der Waals surface area contributed by atoms with Crippen molar-refractivity contribution in [1.29, 1.82) is 0 Å². The average Bonchev–Trinajstić information content (AvgIpc) is 2.98. The van der Waals surface area contributed by atoms with E-state index in [9.17, 15) is 54.6 Å². The lowest BCUT2D eigenvalue weighted by atomic mass is 9.89. The average molecular weight is 692 g/mol. The first-order valence-electron chi connectivity index (χ1n) is 14.6. The molecular formula is C32H33F8N3O5. The van der Waals surface area contributed by atoms with Gasteiger partial charge in [-0.2, -0.15) is 26.3 Å². The minimum Gasteiger partial charge on any atom is -0.493 e. The first-order valence-corrected chi connectivity index (χ1v) is 14.6. The van der Waals surface area contributed by atoms with Crippen LogP contribution < -0.4 is 15.4 Å². The zero-order valence-corrected chi connectivity index (χ0v) is 26.2. The molecule has 2 aromatic rings. The lowest BCUT2D eigenvalue weighted by molar-refractivity contribution is -0.143. The summed E-state index contributed by atoms with van der Waals surface area (Å²) >= 11 is 0. The van der Waals surface area contributed by atoms with Crippen molar-refractivity contribution in [3.8, 4) is 5.75 Å². The van der Waals surface area contributed by atoms with Crippen molar-refractivity contribution >= 4 is 29.4 Å². The number of anilines is 1. The molecule has 8 nitrogen and oxygen atoms in total. The summed E-state index contributed by atoms with van der Waals surface area (Å²) in [5.41, 5.74) is -3.32. The van der Waals surface area contributed by atoms with E-state index < -0.39 is 83.2 Å². The number of rotatable bonds is 12. The minimum atomic E-state index is -4.94. The highest BCUT2D eigenvalue weighted by atomic mass is 19.4. The molecular weight excluding hydrogens is 658 g/mol. The van der Waals surface area contributed by atoms with Gasteiger partial charge in [0, 0.05) is 43.0 Å². The van der Waals surface area contributed by atoms with E-state index in [-0.39, 0.29) is 47.5 Å². The number of hydrogen-bond acceptors (Lipinski definition) is 6. The van der Waals surface area contributed by atoms with Crippen molar-refractivity contribution in [2.75, 3.05) is 26.0 Å². The van der Waals surface area contributed by atoms with E-state index in [1.807, 2.05) is 10.6 Å². The highest BCUT2D eigenvalue weighted by molar-refractivity contribution is 6.10. The third-order valence-electron chi connectivity index (χ3n) is 7.68. The van der Waals surface area contributed by atoms with Crippen LogP contribution in [0.15, 0.2) is 41.6 Å². The Morgan fingerprint density at radius 2 is 1.71 bits per heavy atom. The Kier molecular flexibility index (Phi) is 11.9. The zero-order chi connectivity index (χ0) is 36.1. The molecule has 3 N–H and O–H groups in total. The lowest BCUT2D eigenvalue weighted by Gasteiger charge is -2.26. The summed E-state index contributed by atoms with van der Waals surface area (Å²) in [6.07, 6.45) is -9.21. The molecule has 48 heavy (non-hydrogen) atoms. The Morgan fingerprint density at radius 3 is 2.21 bits per heavy atom. The number of carboxylic acids is 1. The Balaban J connectivity index is 2.00. The van der Waals surface area contributed by atoms with Crippen LogP contribution in [-0.4, -0.2) is 73.3 Å². The van der Waals surface area contributed by atoms with Crippen LogP contribution in [0.5, 0.6) is 5.75 Å². The lowest BCUT2D eigenvalue weighted by Crippen LogP contribution is -2.43. The second kappa shape index (κ2) is 15.1. The van der Waals surface area contributed by atoms with Crippen LogP contribution in [0.1, 0.15) is 53.7 Å². The van der Waals surface area contributed by atoms with Gasteiger partial charge in [-0.1, -0.05) is 19.1 Å². The number of allylic oxidation sites excluding steroid dienone is 4. The maximum Gasteiger partial charge on any atom is 0.417 e. The monoisotopic (exact) mass is 691 g/mol. The largest absolute Gasteiger partial charge is 0.493 e. The van der Waals surface area contributed by atoms with Gasteiger partial charge in [0.1, 0.15) is 35.0 Å². The Hall–Kier alpha value is -4.63. The van der Waals surface area contributed by atoms with Gasteiger partial charge < -0.3 is 25.4 Å². The van der Waals surface area contributed by atoms with E-state index in [4.69, 9.17) is 4.74 Å². The number of nitrogens with one attached hydrogen (secondary N) is 2. The molecule has 0 saturated carbocycles. The molecule has 1 aliphatic heterocycles. The summed E-state index contributed by atoms with van der Waals surface area (Å²) in [6.45, 7) is 2.70. The molecule has 0 unspecified atom stereocenters. The fourth-order valence-electron chi connectivity index (χ4n) is 5.00. The number of aldehydes is 1. The van der Waals surface area contributed by atoms with Crippen LogP contribution in [0.25, 0.3) is 5.57 Å². The highest BCUT2D eigenvalue weighted by Crippen LogP contribution is 2.41. The van der Waals surface area contributed by atoms with Gasteiger partial charge in [-0.3, -0.25) is 9.59 Å². The second-order valence-corrected chi connectivity index (χ2v) is 11.2.